The molecule has 0 aromatic heterocycles. The van der Waals surface area contributed by atoms with Crippen LogP contribution in [-0.2, 0) is 12.2 Å². The Morgan fingerprint density at radius 1 is 1.00 bits per heavy atom. The summed E-state index contributed by atoms with van der Waals surface area (Å²) >= 11 is 7.81. The maximum atomic E-state index is 14.3. The summed E-state index contributed by atoms with van der Waals surface area (Å²) in [6, 6.07) is 22.2. The van der Waals surface area contributed by atoms with Gasteiger partial charge in [0, 0.05) is 41.9 Å². The van der Waals surface area contributed by atoms with Crippen molar-refractivity contribution in [2.45, 2.75) is 52.7 Å². The Labute approximate surface area is 266 Å². The largest absolute Gasteiger partial charge is 0.342 e. The quantitative estimate of drug-likeness (QED) is 0.190. The second-order valence-electron chi connectivity index (χ2n) is 10.8. The first kappa shape index (κ1) is 32.3. The van der Waals surface area contributed by atoms with Gasteiger partial charge in [0.1, 0.15) is 5.82 Å². The van der Waals surface area contributed by atoms with Gasteiger partial charge in [0.25, 0.3) is 0 Å². The zero-order valence-corrected chi connectivity index (χ0v) is 27.2. The molecule has 2 nitrogen and oxygen atoms in total. The molecule has 222 valence electrons. The van der Waals surface area contributed by atoms with Crippen molar-refractivity contribution < 1.29 is 4.39 Å². The minimum atomic E-state index is -0.163. The van der Waals surface area contributed by atoms with Crippen LogP contribution in [0.2, 0.25) is 5.02 Å². The van der Waals surface area contributed by atoms with E-state index in [0.717, 1.165) is 69.4 Å². The van der Waals surface area contributed by atoms with Gasteiger partial charge >= 0.3 is 0 Å². The molecule has 1 aliphatic heterocycles. The summed E-state index contributed by atoms with van der Waals surface area (Å²) < 4.78 is 14.3. The molecule has 0 unspecified atom stereocenters. The third kappa shape index (κ3) is 8.72. The van der Waals surface area contributed by atoms with Crippen LogP contribution in [0, 0.1) is 12.7 Å². The Hall–Kier alpha value is -3.60. The van der Waals surface area contributed by atoms with E-state index in [1.165, 1.54) is 16.7 Å². The van der Waals surface area contributed by atoms with Gasteiger partial charge < -0.3 is 4.90 Å². The monoisotopic (exact) mass is 610 g/mol. The van der Waals surface area contributed by atoms with Crippen molar-refractivity contribution in [1.29, 1.82) is 0 Å². The maximum absolute atomic E-state index is 14.3. The smallest absolute Gasteiger partial charge is 0.126 e. The van der Waals surface area contributed by atoms with Crippen molar-refractivity contribution in [3.05, 3.63) is 153 Å². The SMILES string of the molecule is C=C(CC)N=C/C(=C\C)CC1=CN(CCc2ccc(-c3ccc(Cl)cc3)cc2)C(SCc2ccc(C)c(F)c2)=C(C)C1=C. The highest BCUT2D eigenvalue weighted by Gasteiger charge is 2.22. The average molecular weight is 611 g/mol. The summed E-state index contributed by atoms with van der Waals surface area (Å²) in [6.45, 7) is 17.3. The highest BCUT2D eigenvalue weighted by Crippen LogP contribution is 2.39. The third-order valence-corrected chi connectivity index (χ3v) is 9.25. The molecule has 0 saturated heterocycles. The number of allylic oxidation sites excluding steroid dienone is 6. The molecule has 0 fully saturated rings. The van der Waals surface area contributed by atoms with Crippen LogP contribution in [0.15, 0.2) is 130 Å². The lowest BCUT2D eigenvalue weighted by molar-refractivity contribution is 0.484. The van der Waals surface area contributed by atoms with E-state index < -0.39 is 0 Å². The van der Waals surface area contributed by atoms with Gasteiger partial charge in [0.15, 0.2) is 0 Å². The molecule has 3 aromatic rings. The van der Waals surface area contributed by atoms with Crippen LogP contribution < -0.4 is 0 Å². The van der Waals surface area contributed by atoms with Gasteiger partial charge in [-0.25, -0.2) is 4.39 Å². The summed E-state index contributed by atoms with van der Waals surface area (Å²) in [4.78, 5) is 6.88. The summed E-state index contributed by atoms with van der Waals surface area (Å²) in [6.07, 6.45) is 8.69. The molecule has 0 N–H and O–H groups in total. The first-order valence-corrected chi connectivity index (χ1v) is 16.0. The molecule has 3 aromatic carbocycles. The van der Waals surface area contributed by atoms with Crippen molar-refractivity contribution in [1.82, 2.24) is 4.90 Å². The number of halogens is 2. The van der Waals surface area contributed by atoms with Gasteiger partial charge in [-0.2, -0.15) is 0 Å². The van der Waals surface area contributed by atoms with E-state index in [-0.39, 0.29) is 5.82 Å². The predicted molar refractivity (Wildman–Crippen MR) is 186 cm³/mol. The molecule has 0 aliphatic carbocycles. The molecule has 0 bridgehead atoms. The minimum Gasteiger partial charge on any atom is -0.342 e. The highest BCUT2D eigenvalue weighted by atomic mass is 35.5. The minimum absolute atomic E-state index is 0.163. The van der Waals surface area contributed by atoms with E-state index in [2.05, 4.69) is 73.4 Å². The van der Waals surface area contributed by atoms with Gasteiger partial charge in [-0.05, 0) is 102 Å². The van der Waals surface area contributed by atoms with Gasteiger partial charge in [-0.15, -0.1) is 11.8 Å². The van der Waals surface area contributed by atoms with Crippen LogP contribution in [0.5, 0.6) is 0 Å². The van der Waals surface area contributed by atoms with Crippen LogP contribution in [0.4, 0.5) is 4.39 Å². The van der Waals surface area contributed by atoms with E-state index in [4.69, 9.17) is 11.6 Å². The zero-order valence-electron chi connectivity index (χ0n) is 25.6. The number of thioether (sulfide) groups is 1. The Bertz CT molecular complexity index is 1590. The number of benzene rings is 3. The third-order valence-electron chi connectivity index (χ3n) is 7.70. The summed E-state index contributed by atoms with van der Waals surface area (Å²) in [5, 5.41) is 1.89. The fourth-order valence-electron chi connectivity index (χ4n) is 4.76. The van der Waals surface area contributed by atoms with Crippen molar-refractivity contribution in [3.63, 3.8) is 0 Å². The zero-order chi connectivity index (χ0) is 30.9. The molecule has 1 heterocycles. The van der Waals surface area contributed by atoms with Crippen LogP contribution >= 0.6 is 23.4 Å². The van der Waals surface area contributed by atoms with Crippen LogP contribution in [0.3, 0.4) is 0 Å². The molecule has 43 heavy (non-hydrogen) atoms. The van der Waals surface area contributed by atoms with E-state index in [0.29, 0.717) is 11.3 Å². The molecular weight excluding hydrogens is 571 g/mol. The number of aryl methyl sites for hydroxylation is 1. The normalized spacial score (nSPS) is 14.1. The van der Waals surface area contributed by atoms with Crippen LogP contribution in [0.1, 0.15) is 50.3 Å². The molecular formula is C38H40ClFN2S. The number of rotatable bonds is 12. The lowest BCUT2D eigenvalue weighted by Crippen LogP contribution is -2.24. The van der Waals surface area contributed by atoms with E-state index >= 15 is 0 Å². The Morgan fingerprint density at radius 2 is 1.65 bits per heavy atom. The van der Waals surface area contributed by atoms with Crippen molar-refractivity contribution >= 4 is 29.6 Å². The lowest BCUT2D eigenvalue weighted by Gasteiger charge is -2.32. The molecule has 0 amide bonds. The first-order chi connectivity index (χ1) is 20.7. The van der Waals surface area contributed by atoms with Gasteiger partial charge in [0.05, 0.1) is 5.03 Å². The predicted octanol–water partition coefficient (Wildman–Crippen LogP) is 11.2. The maximum Gasteiger partial charge on any atom is 0.126 e. The Balaban J connectivity index is 1.56. The second kappa shape index (κ2) is 15.2. The molecule has 1 aliphatic rings. The van der Waals surface area contributed by atoms with Crippen LogP contribution in [-0.4, -0.2) is 17.7 Å². The summed E-state index contributed by atoms with van der Waals surface area (Å²) in [5.41, 5.74) is 10.5. The standard InChI is InChI=1S/C38H40ClFN2S/c1-7-27(4)41-23-30(8-2)21-35-24-42(20-19-31-11-13-33(14-12-31)34-15-17-36(39)18-16-34)38(29(6)28(35)5)43-25-32-10-9-26(3)37(40)22-32/h8-18,22-24H,4-5,7,19-21,25H2,1-3,6H3/b30-8-,41-23?. The molecule has 4 rings (SSSR count). The van der Waals surface area contributed by atoms with Gasteiger partial charge in [0.2, 0.25) is 0 Å². The van der Waals surface area contributed by atoms with E-state index in [1.807, 2.05) is 49.5 Å². The summed E-state index contributed by atoms with van der Waals surface area (Å²) in [5.74, 6) is 0.516. The number of aliphatic imine (C=N–C) groups is 1. The fourth-order valence-corrected chi connectivity index (χ4v) is 6.02. The lowest BCUT2D eigenvalue weighted by atomic mass is 9.93. The second-order valence-corrected chi connectivity index (χ2v) is 12.2. The van der Waals surface area contributed by atoms with Gasteiger partial charge in [-0.3, -0.25) is 4.99 Å². The molecule has 0 saturated carbocycles. The number of hydrogen-bond acceptors (Lipinski definition) is 3. The average Bonchev–Trinajstić information content (AvgIpc) is 3.02. The molecule has 0 atom stereocenters. The van der Waals surface area contributed by atoms with Crippen LogP contribution in [0.25, 0.3) is 11.1 Å². The number of hydrogen-bond donors (Lipinski definition) is 0. The highest BCUT2D eigenvalue weighted by molar-refractivity contribution is 8.02. The number of nitrogens with zero attached hydrogens (tertiary/aromatic N) is 2. The van der Waals surface area contributed by atoms with Crippen molar-refractivity contribution in [2.75, 3.05) is 6.54 Å². The van der Waals surface area contributed by atoms with E-state index in [9.17, 15) is 4.39 Å². The Kier molecular flexibility index (Phi) is 11.4. The van der Waals surface area contributed by atoms with Crippen molar-refractivity contribution in [3.8, 4) is 11.1 Å². The fraction of sp³-hybridized carbons (Fsp3) is 0.237. The topological polar surface area (TPSA) is 15.6 Å². The molecule has 0 radical (unpaired) electrons. The molecule has 5 heteroatoms. The van der Waals surface area contributed by atoms with Gasteiger partial charge in [-0.1, -0.05) is 86.3 Å². The first-order valence-electron chi connectivity index (χ1n) is 14.7. The Morgan fingerprint density at radius 3 is 2.28 bits per heavy atom. The molecule has 0 spiro atoms. The van der Waals surface area contributed by atoms with Crippen molar-refractivity contribution in [2.24, 2.45) is 4.99 Å². The summed E-state index contributed by atoms with van der Waals surface area (Å²) in [7, 11) is 0. The van der Waals surface area contributed by atoms with E-state index in [1.54, 1.807) is 24.8 Å².